The van der Waals surface area contributed by atoms with E-state index in [2.05, 4.69) is 30.7 Å². The smallest absolute Gasteiger partial charge is 0.321 e. The topological polar surface area (TPSA) is 142 Å². The Morgan fingerprint density at radius 2 is 1.89 bits per heavy atom. The number of amides is 2. The Morgan fingerprint density at radius 3 is 2.49 bits per heavy atom. The van der Waals surface area contributed by atoms with E-state index < -0.39 is 11.4 Å². The summed E-state index contributed by atoms with van der Waals surface area (Å²) < 4.78 is 0.873. The van der Waals surface area contributed by atoms with Crippen LogP contribution in [0.2, 0.25) is 0 Å². The Kier molecular flexibility index (Phi) is 7.86. The van der Waals surface area contributed by atoms with Gasteiger partial charge in [0.1, 0.15) is 7.11 Å². The van der Waals surface area contributed by atoms with Crippen molar-refractivity contribution in [1.29, 1.82) is 0 Å². The molecule has 3 aromatic rings. The van der Waals surface area contributed by atoms with Crippen molar-refractivity contribution < 1.29 is 19.5 Å². The summed E-state index contributed by atoms with van der Waals surface area (Å²) in [5.74, 6) is -0.143. The van der Waals surface area contributed by atoms with Gasteiger partial charge < -0.3 is 20.2 Å². The molecule has 3 heterocycles. The molecule has 0 aliphatic carbocycles. The van der Waals surface area contributed by atoms with Gasteiger partial charge in [0.05, 0.1) is 21.3 Å². The van der Waals surface area contributed by atoms with Gasteiger partial charge in [0.25, 0.3) is 0 Å². The molecule has 196 valence electrons. The normalized spacial score (nSPS) is 15.5. The first-order chi connectivity index (χ1) is 17.8. The van der Waals surface area contributed by atoms with E-state index >= 15 is 0 Å². The molecule has 0 bridgehead atoms. The molecule has 2 amide bonds. The lowest BCUT2D eigenvalue weighted by molar-refractivity contribution is -0.150. The number of aromatic nitrogens is 3. The van der Waals surface area contributed by atoms with Gasteiger partial charge in [-0.2, -0.15) is 0 Å². The van der Waals surface area contributed by atoms with Crippen LogP contribution in [0.4, 0.5) is 15.9 Å². The Balaban J connectivity index is 1.62. The number of aliphatic carboxylic acids is 1. The highest BCUT2D eigenvalue weighted by Gasteiger charge is 2.40. The summed E-state index contributed by atoms with van der Waals surface area (Å²) in [6.45, 7) is 7.34. The molecule has 1 saturated heterocycles. The number of carbonyl (C=O) groups excluding carboxylic acids is 1. The molecular weight excluding hydrogens is 494 g/mol. The number of rotatable bonds is 8. The number of carboxylic acids is 1. The second kappa shape index (κ2) is 11.1. The van der Waals surface area contributed by atoms with Crippen molar-refractivity contribution in [2.75, 3.05) is 37.0 Å². The molecule has 1 aliphatic rings. The van der Waals surface area contributed by atoms with Gasteiger partial charge in [-0.25, -0.2) is 19.7 Å². The van der Waals surface area contributed by atoms with Gasteiger partial charge in [-0.3, -0.25) is 10.1 Å². The van der Waals surface area contributed by atoms with E-state index in [1.54, 1.807) is 12.4 Å². The molecule has 4 rings (SSSR count). The van der Waals surface area contributed by atoms with Crippen LogP contribution in [-0.4, -0.2) is 64.5 Å². The first-order valence-electron chi connectivity index (χ1n) is 12.2. The van der Waals surface area contributed by atoms with Crippen molar-refractivity contribution >= 4 is 50.3 Å². The molecule has 11 nitrogen and oxygen atoms in total. The fourth-order valence-electron chi connectivity index (χ4n) is 4.50. The number of nitrogens with zero attached hydrogens (tertiary/aromatic N) is 5. The molecule has 1 aromatic carbocycles. The lowest BCUT2D eigenvalue weighted by atomic mass is 9.76. The first kappa shape index (κ1) is 26.3. The summed E-state index contributed by atoms with van der Waals surface area (Å²) in [7, 11) is 1.49. The number of nitrogens with one attached hydrogen (secondary N) is 2. The minimum Gasteiger partial charge on any atom is -0.481 e. The van der Waals surface area contributed by atoms with Gasteiger partial charge in [0.2, 0.25) is 5.95 Å². The van der Waals surface area contributed by atoms with Crippen LogP contribution in [0.3, 0.4) is 0 Å². The zero-order chi connectivity index (χ0) is 26.6. The van der Waals surface area contributed by atoms with Crippen molar-refractivity contribution in [3.63, 3.8) is 0 Å². The molecule has 12 heteroatoms. The van der Waals surface area contributed by atoms with Gasteiger partial charge in [-0.1, -0.05) is 23.4 Å². The quantitative estimate of drug-likeness (QED) is 0.291. The number of oxime groups is 1. The SMILES string of the molecule is CCNC(=O)Nc1nc2cc(-c3cnc(N4CCC(CC)(C(=O)O)CC4)nc3)cc(C(C)=NOC)c2s1. The zero-order valence-electron chi connectivity index (χ0n) is 21.4. The molecule has 3 N–H and O–H groups in total. The summed E-state index contributed by atoms with van der Waals surface area (Å²) in [6, 6.07) is 3.60. The minimum absolute atomic E-state index is 0.313. The number of urea groups is 1. The average Bonchev–Trinajstić information content (AvgIpc) is 3.30. The van der Waals surface area contributed by atoms with E-state index in [1.807, 2.05) is 37.8 Å². The van der Waals surface area contributed by atoms with Crippen LogP contribution in [0.1, 0.15) is 45.6 Å². The summed E-state index contributed by atoms with van der Waals surface area (Å²) in [5, 5.41) is 19.7. The highest BCUT2D eigenvalue weighted by Crippen LogP contribution is 2.37. The third-order valence-electron chi connectivity index (χ3n) is 6.77. The molecular formula is C25H31N7O4S. The van der Waals surface area contributed by atoms with Crippen molar-refractivity contribution in [1.82, 2.24) is 20.3 Å². The number of anilines is 2. The number of benzene rings is 1. The number of hydrogen-bond donors (Lipinski definition) is 3. The third kappa shape index (κ3) is 5.48. The highest BCUT2D eigenvalue weighted by atomic mass is 32.1. The first-order valence-corrected chi connectivity index (χ1v) is 13.0. The predicted molar refractivity (Wildman–Crippen MR) is 144 cm³/mol. The minimum atomic E-state index is -0.726. The van der Waals surface area contributed by atoms with Crippen LogP contribution in [-0.2, 0) is 9.63 Å². The Bertz CT molecular complexity index is 1310. The zero-order valence-corrected chi connectivity index (χ0v) is 22.2. The number of carbonyl (C=O) groups is 2. The monoisotopic (exact) mass is 525 g/mol. The molecule has 0 saturated carbocycles. The van der Waals surface area contributed by atoms with Gasteiger partial charge in [0, 0.05) is 43.2 Å². The molecule has 1 fully saturated rings. The largest absolute Gasteiger partial charge is 0.481 e. The van der Waals surface area contributed by atoms with Crippen LogP contribution >= 0.6 is 11.3 Å². The molecule has 0 spiro atoms. The summed E-state index contributed by atoms with van der Waals surface area (Å²) in [6.07, 6.45) is 5.27. The Morgan fingerprint density at radius 1 is 1.19 bits per heavy atom. The standard InChI is InChI=1S/C25H31N7O4S/c1-5-25(21(33)34)7-9-32(10-8-25)22-27-13-17(14-28-22)16-11-18(15(3)31-36-4)20-19(12-16)29-24(37-20)30-23(35)26-6-2/h11-14H,5-10H2,1-4H3,(H,33,34)(H2,26,29,30,35). The van der Waals surface area contributed by atoms with Crippen LogP contribution in [0.5, 0.6) is 0 Å². The van der Waals surface area contributed by atoms with Crippen molar-refractivity contribution in [2.24, 2.45) is 10.6 Å². The van der Waals surface area contributed by atoms with E-state index in [-0.39, 0.29) is 6.03 Å². The maximum Gasteiger partial charge on any atom is 0.321 e. The van der Waals surface area contributed by atoms with E-state index in [1.165, 1.54) is 18.4 Å². The second-order valence-corrected chi connectivity index (χ2v) is 9.93. The van der Waals surface area contributed by atoms with Crippen LogP contribution < -0.4 is 15.5 Å². The fourth-order valence-corrected chi connectivity index (χ4v) is 5.50. The maximum absolute atomic E-state index is 12.0. The Labute approximate surface area is 219 Å². The molecule has 37 heavy (non-hydrogen) atoms. The maximum atomic E-state index is 12.0. The second-order valence-electron chi connectivity index (χ2n) is 8.93. The number of piperidine rings is 1. The number of fused-ring (bicyclic) bond motifs is 1. The predicted octanol–water partition coefficient (Wildman–Crippen LogP) is 4.35. The van der Waals surface area contributed by atoms with Gasteiger partial charge >= 0.3 is 12.0 Å². The lowest BCUT2D eigenvalue weighted by Gasteiger charge is -2.38. The molecule has 0 unspecified atom stereocenters. The van der Waals surface area contributed by atoms with Crippen LogP contribution in [0.15, 0.2) is 29.7 Å². The van der Waals surface area contributed by atoms with E-state index in [0.29, 0.717) is 61.2 Å². The number of thiazole rings is 1. The Hall–Kier alpha value is -3.80. The van der Waals surface area contributed by atoms with Gasteiger partial charge in [-0.15, -0.1) is 0 Å². The van der Waals surface area contributed by atoms with E-state index in [0.717, 1.165) is 21.4 Å². The summed E-state index contributed by atoms with van der Waals surface area (Å²) in [5.41, 5.74) is 3.20. The molecule has 1 aliphatic heterocycles. The average molecular weight is 526 g/mol. The van der Waals surface area contributed by atoms with Crippen molar-refractivity contribution in [2.45, 2.75) is 40.0 Å². The van der Waals surface area contributed by atoms with Crippen LogP contribution in [0, 0.1) is 5.41 Å². The third-order valence-corrected chi connectivity index (χ3v) is 7.79. The molecule has 0 radical (unpaired) electrons. The lowest BCUT2D eigenvalue weighted by Crippen LogP contribution is -2.44. The molecule has 0 atom stereocenters. The van der Waals surface area contributed by atoms with Crippen molar-refractivity contribution in [3.8, 4) is 11.1 Å². The van der Waals surface area contributed by atoms with E-state index in [4.69, 9.17) is 4.84 Å². The molecule has 2 aromatic heterocycles. The van der Waals surface area contributed by atoms with Crippen LogP contribution in [0.25, 0.3) is 21.3 Å². The summed E-state index contributed by atoms with van der Waals surface area (Å²) >= 11 is 1.36. The van der Waals surface area contributed by atoms with Crippen molar-refractivity contribution in [3.05, 3.63) is 30.1 Å². The number of hydrogen-bond acceptors (Lipinski definition) is 9. The van der Waals surface area contributed by atoms with E-state index in [9.17, 15) is 14.7 Å². The summed E-state index contributed by atoms with van der Waals surface area (Å²) in [4.78, 5) is 44.6. The van der Waals surface area contributed by atoms with Gasteiger partial charge in [-0.05, 0) is 50.8 Å². The van der Waals surface area contributed by atoms with Gasteiger partial charge in [0.15, 0.2) is 5.13 Å². The highest BCUT2D eigenvalue weighted by molar-refractivity contribution is 7.22. The number of carboxylic acid groups (broad SMARTS) is 1. The fraction of sp³-hybridized carbons (Fsp3) is 0.440.